The molecule has 0 saturated carbocycles. The Morgan fingerprint density at radius 3 is 2.50 bits per heavy atom. The van der Waals surface area contributed by atoms with Crippen molar-refractivity contribution in [2.45, 2.75) is 33.8 Å². The molecule has 0 aromatic heterocycles. The van der Waals surface area contributed by atoms with E-state index in [0.29, 0.717) is 19.6 Å². The molecule has 1 atom stereocenters. The highest BCUT2D eigenvalue weighted by atomic mass is 127. The third-order valence-corrected chi connectivity index (χ3v) is 3.06. The second kappa shape index (κ2) is 12.9. The fourth-order valence-corrected chi connectivity index (χ4v) is 1.92. The molecule has 6 nitrogen and oxygen atoms in total. The molecular formula is C17H29IN4O2. The molecule has 0 radical (unpaired) electrons. The maximum Gasteiger partial charge on any atom is 0.216 e. The summed E-state index contributed by atoms with van der Waals surface area (Å²) in [5.41, 5.74) is 1.11. The van der Waals surface area contributed by atoms with Gasteiger partial charge in [0.1, 0.15) is 11.9 Å². The summed E-state index contributed by atoms with van der Waals surface area (Å²) in [6.07, 6.45) is -0.0260. The number of carbonyl (C=O) groups is 1. The summed E-state index contributed by atoms with van der Waals surface area (Å²) in [5, 5.41) is 9.09. The van der Waals surface area contributed by atoms with E-state index in [1.807, 2.05) is 45.0 Å². The van der Waals surface area contributed by atoms with Crippen LogP contribution in [-0.2, 0) is 4.79 Å². The zero-order valence-corrected chi connectivity index (χ0v) is 17.2. The highest BCUT2D eigenvalue weighted by Gasteiger charge is 2.06. The van der Waals surface area contributed by atoms with Crippen molar-refractivity contribution in [2.75, 3.05) is 26.2 Å². The molecule has 0 fully saturated rings. The van der Waals surface area contributed by atoms with Crippen molar-refractivity contribution in [1.29, 1.82) is 0 Å². The van der Waals surface area contributed by atoms with Crippen LogP contribution in [0.5, 0.6) is 5.75 Å². The highest BCUT2D eigenvalue weighted by Crippen LogP contribution is 2.17. The number of aryl methyl sites for hydroxylation is 1. The van der Waals surface area contributed by atoms with Crippen LogP contribution >= 0.6 is 24.0 Å². The Morgan fingerprint density at radius 1 is 1.21 bits per heavy atom. The van der Waals surface area contributed by atoms with Crippen molar-refractivity contribution in [2.24, 2.45) is 4.99 Å². The normalized spacial score (nSPS) is 11.9. The summed E-state index contributed by atoms with van der Waals surface area (Å²) in [6, 6.07) is 7.95. The Labute approximate surface area is 161 Å². The number of nitrogens with one attached hydrogen (secondary N) is 3. The standard InChI is InChI=1S/C17H28N4O2.HI/c1-5-18-17(20-11-10-19-15(4)22)21-12-14(3)23-16-9-7-6-8-13(16)2;/h6-9,14H,5,10-12H2,1-4H3,(H,19,22)(H2,18,20,21);1H. The maximum absolute atomic E-state index is 10.8. The Hall–Kier alpha value is -1.51. The van der Waals surface area contributed by atoms with E-state index in [2.05, 4.69) is 20.9 Å². The summed E-state index contributed by atoms with van der Waals surface area (Å²) >= 11 is 0. The number of ether oxygens (including phenoxy) is 1. The molecule has 1 amide bonds. The molecule has 1 aromatic carbocycles. The zero-order valence-electron chi connectivity index (χ0n) is 14.9. The van der Waals surface area contributed by atoms with Crippen LogP contribution in [0.1, 0.15) is 26.3 Å². The van der Waals surface area contributed by atoms with Crippen LogP contribution in [0.15, 0.2) is 29.3 Å². The van der Waals surface area contributed by atoms with Crippen LogP contribution in [0.25, 0.3) is 0 Å². The number of carbonyl (C=O) groups excluding carboxylic acids is 1. The number of halogens is 1. The molecule has 0 aliphatic carbocycles. The summed E-state index contributed by atoms with van der Waals surface area (Å²) < 4.78 is 5.91. The van der Waals surface area contributed by atoms with E-state index >= 15 is 0 Å². The Kier molecular flexibility index (Phi) is 12.0. The fraction of sp³-hybridized carbons (Fsp3) is 0.529. The van der Waals surface area contributed by atoms with Gasteiger partial charge in [0.05, 0.1) is 6.54 Å². The second-order valence-electron chi connectivity index (χ2n) is 5.32. The molecule has 0 heterocycles. The van der Waals surface area contributed by atoms with Gasteiger partial charge in [-0.3, -0.25) is 4.79 Å². The lowest BCUT2D eigenvalue weighted by molar-refractivity contribution is -0.118. The van der Waals surface area contributed by atoms with Crippen molar-refractivity contribution in [1.82, 2.24) is 16.0 Å². The van der Waals surface area contributed by atoms with Gasteiger partial charge in [0.2, 0.25) is 5.91 Å². The number of rotatable bonds is 8. The van der Waals surface area contributed by atoms with Gasteiger partial charge in [-0.1, -0.05) is 18.2 Å². The van der Waals surface area contributed by atoms with Gasteiger partial charge >= 0.3 is 0 Å². The Morgan fingerprint density at radius 2 is 1.88 bits per heavy atom. The summed E-state index contributed by atoms with van der Waals surface area (Å²) in [6.45, 7) is 10.0. The summed E-state index contributed by atoms with van der Waals surface area (Å²) in [7, 11) is 0. The van der Waals surface area contributed by atoms with Crippen molar-refractivity contribution in [3.63, 3.8) is 0 Å². The number of guanidine groups is 1. The van der Waals surface area contributed by atoms with E-state index in [9.17, 15) is 4.79 Å². The van der Waals surface area contributed by atoms with Crippen molar-refractivity contribution in [3.05, 3.63) is 29.8 Å². The molecule has 1 rings (SSSR count). The first kappa shape index (κ1) is 22.5. The van der Waals surface area contributed by atoms with Crippen LogP contribution < -0.4 is 20.7 Å². The smallest absolute Gasteiger partial charge is 0.216 e. The topological polar surface area (TPSA) is 74.8 Å². The highest BCUT2D eigenvalue weighted by molar-refractivity contribution is 14.0. The molecule has 136 valence electrons. The molecule has 24 heavy (non-hydrogen) atoms. The first-order valence-electron chi connectivity index (χ1n) is 8.01. The van der Waals surface area contributed by atoms with E-state index in [1.165, 1.54) is 6.92 Å². The number of hydrogen-bond acceptors (Lipinski definition) is 3. The Balaban J connectivity index is 0.00000529. The Bertz CT molecular complexity index is 523. The van der Waals surface area contributed by atoms with Gasteiger partial charge in [0, 0.05) is 26.6 Å². The van der Waals surface area contributed by atoms with E-state index < -0.39 is 0 Å². The molecule has 0 aliphatic rings. The van der Waals surface area contributed by atoms with Crippen molar-refractivity contribution >= 4 is 35.8 Å². The summed E-state index contributed by atoms with van der Waals surface area (Å²) in [5.74, 6) is 1.57. The molecule has 1 aromatic rings. The van der Waals surface area contributed by atoms with Crippen molar-refractivity contribution in [3.8, 4) is 5.75 Å². The average molecular weight is 448 g/mol. The van der Waals surface area contributed by atoms with Crippen LogP contribution in [0.4, 0.5) is 0 Å². The SMILES string of the molecule is CCNC(=NCC(C)Oc1ccccc1C)NCCNC(C)=O.I. The molecule has 0 saturated heterocycles. The molecule has 1 unspecified atom stereocenters. The first-order chi connectivity index (χ1) is 11.0. The molecule has 3 N–H and O–H groups in total. The lowest BCUT2D eigenvalue weighted by Crippen LogP contribution is -2.41. The lowest BCUT2D eigenvalue weighted by atomic mass is 10.2. The van der Waals surface area contributed by atoms with E-state index in [0.717, 1.165) is 23.8 Å². The number of aliphatic imine (C=N–C) groups is 1. The van der Waals surface area contributed by atoms with Gasteiger partial charge in [-0.25, -0.2) is 4.99 Å². The van der Waals surface area contributed by atoms with Gasteiger partial charge in [-0.15, -0.1) is 24.0 Å². The molecule has 0 aliphatic heterocycles. The summed E-state index contributed by atoms with van der Waals surface area (Å²) in [4.78, 5) is 15.3. The maximum atomic E-state index is 10.8. The minimum atomic E-state index is -0.0333. The fourth-order valence-electron chi connectivity index (χ4n) is 1.92. The minimum absolute atomic E-state index is 0. The van der Waals surface area contributed by atoms with Gasteiger partial charge in [0.25, 0.3) is 0 Å². The predicted molar refractivity (Wildman–Crippen MR) is 109 cm³/mol. The van der Waals surface area contributed by atoms with Gasteiger partial charge in [-0.05, 0) is 32.4 Å². The minimum Gasteiger partial charge on any atom is -0.489 e. The number of benzene rings is 1. The van der Waals surface area contributed by atoms with Crippen LogP contribution in [0.2, 0.25) is 0 Å². The number of para-hydroxylation sites is 1. The number of nitrogens with zero attached hydrogens (tertiary/aromatic N) is 1. The van der Waals surface area contributed by atoms with E-state index in [4.69, 9.17) is 4.74 Å². The zero-order chi connectivity index (χ0) is 17.1. The van der Waals surface area contributed by atoms with Crippen LogP contribution in [0.3, 0.4) is 0 Å². The molecule has 0 spiro atoms. The van der Waals surface area contributed by atoms with E-state index in [1.54, 1.807) is 0 Å². The van der Waals surface area contributed by atoms with Crippen molar-refractivity contribution < 1.29 is 9.53 Å². The largest absolute Gasteiger partial charge is 0.489 e. The van der Waals surface area contributed by atoms with Crippen LogP contribution in [-0.4, -0.2) is 44.1 Å². The quantitative estimate of drug-likeness (QED) is 0.247. The van der Waals surface area contributed by atoms with E-state index in [-0.39, 0.29) is 36.0 Å². The monoisotopic (exact) mass is 448 g/mol. The van der Waals surface area contributed by atoms with Gasteiger partial charge < -0.3 is 20.7 Å². The third kappa shape index (κ3) is 9.59. The lowest BCUT2D eigenvalue weighted by Gasteiger charge is -2.16. The third-order valence-electron chi connectivity index (χ3n) is 3.06. The van der Waals surface area contributed by atoms with Gasteiger partial charge in [-0.2, -0.15) is 0 Å². The molecule has 7 heteroatoms. The second-order valence-corrected chi connectivity index (χ2v) is 5.32. The molecular weight excluding hydrogens is 419 g/mol. The van der Waals surface area contributed by atoms with Gasteiger partial charge in [0.15, 0.2) is 5.96 Å². The number of amides is 1. The average Bonchev–Trinajstić information content (AvgIpc) is 2.51. The number of hydrogen-bond donors (Lipinski definition) is 3. The first-order valence-corrected chi connectivity index (χ1v) is 8.01. The molecule has 0 bridgehead atoms. The van der Waals surface area contributed by atoms with Crippen LogP contribution in [0, 0.1) is 6.92 Å². The predicted octanol–water partition coefficient (Wildman–Crippen LogP) is 2.07.